The first-order chi connectivity index (χ1) is 28.8. The van der Waals surface area contributed by atoms with Crippen LogP contribution in [0.15, 0.2) is 12.2 Å². The van der Waals surface area contributed by atoms with Crippen LogP contribution in [-0.4, -0.2) is 87.5 Å². The maximum absolute atomic E-state index is 12.8. The summed E-state index contributed by atoms with van der Waals surface area (Å²) in [5, 5.41) is 53.6. The van der Waals surface area contributed by atoms with Gasteiger partial charge in [0.15, 0.2) is 6.29 Å². The normalized spacial score (nSPS) is 20.7. The first-order valence-corrected chi connectivity index (χ1v) is 25.4. The number of carbonyl (C=O) groups excluding carboxylic acids is 1. The van der Waals surface area contributed by atoms with Crippen LogP contribution in [0, 0.1) is 0 Å². The molecule has 1 rings (SSSR count). The number of aliphatic hydroxyl groups excluding tert-OH is 5. The standard InChI is InChI=1S/C50H97NO8/c1-3-5-7-8-9-10-11-12-13-14-15-16-17-18-19-20-21-22-23-24-25-26-27-28-29-30-31-32-33-34-35-36-38-40-46(54)51-43(44(53)39-37-6-4-2)42-58-50-49(57)48(56)47(55)45(41-52)59-50/h14-15,43-45,47-50,52-53,55-57H,3-13,16-42H2,1-2H3,(H,51,54)/b15-14-. The number of ether oxygens (including phenoxy) is 2. The Bertz CT molecular complexity index is 935. The molecule has 1 saturated heterocycles. The number of rotatable bonds is 43. The highest BCUT2D eigenvalue weighted by Crippen LogP contribution is 2.23. The number of nitrogens with one attached hydrogen (secondary N) is 1. The van der Waals surface area contributed by atoms with E-state index in [1.165, 1.54) is 180 Å². The second kappa shape index (κ2) is 41.0. The van der Waals surface area contributed by atoms with Crippen molar-refractivity contribution in [1.82, 2.24) is 5.32 Å². The van der Waals surface area contributed by atoms with E-state index in [-0.39, 0.29) is 12.5 Å². The highest BCUT2D eigenvalue weighted by Gasteiger charge is 2.44. The van der Waals surface area contributed by atoms with Gasteiger partial charge in [-0.05, 0) is 38.5 Å². The molecule has 9 heteroatoms. The molecular weight excluding hydrogens is 743 g/mol. The van der Waals surface area contributed by atoms with Gasteiger partial charge in [-0.3, -0.25) is 4.79 Å². The Kier molecular flexibility index (Phi) is 38.9. The van der Waals surface area contributed by atoms with Crippen LogP contribution in [0.25, 0.3) is 0 Å². The molecule has 7 atom stereocenters. The Morgan fingerprint density at radius 1 is 0.559 bits per heavy atom. The molecule has 0 saturated carbocycles. The lowest BCUT2D eigenvalue weighted by molar-refractivity contribution is -0.302. The number of amides is 1. The van der Waals surface area contributed by atoms with E-state index in [1.54, 1.807) is 0 Å². The van der Waals surface area contributed by atoms with Crippen LogP contribution in [0.5, 0.6) is 0 Å². The van der Waals surface area contributed by atoms with Gasteiger partial charge in [0.25, 0.3) is 0 Å². The topological polar surface area (TPSA) is 149 Å². The van der Waals surface area contributed by atoms with Gasteiger partial charge >= 0.3 is 0 Å². The van der Waals surface area contributed by atoms with Crippen molar-refractivity contribution in [2.75, 3.05) is 13.2 Å². The fourth-order valence-electron chi connectivity index (χ4n) is 8.27. The molecule has 59 heavy (non-hydrogen) atoms. The lowest BCUT2D eigenvalue weighted by Crippen LogP contribution is -2.60. The Morgan fingerprint density at radius 3 is 1.37 bits per heavy atom. The van der Waals surface area contributed by atoms with Gasteiger partial charge in [-0.1, -0.05) is 212 Å². The van der Waals surface area contributed by atoms with E-state index in [2.05, 4.69) is 31.3 Å². The summed E-state index contributed by atoms with van der Waals surface area (Å²) in [5.74, 6) is -0.152. The molecule has 1 aliphatic rings. The molecule has 1 aliphatic heterocycles. The summed E-state index contributed by atoms with van der Waals surface area (Å²) < 4.78 is 11.1. The van der Waals surface area contributed by atoms with Crippen molar-refractivity contribution in [1.29, 1.82) is 0 Å². The Balaban J connectivity index is 1.93. The predicted molar refractivity (Wildman–Crippen MR) is 244 cm³/mol. The zero-order valence-corrected chi connectivity index (χ0v) is 38.5. The summed E-state index contributed by atoms with van der Waals surface area (Å²) >= 11 is 0. The van der Waals surface area contributed by atoms with Crippen LogP contribution in [0.2, 0.25) is 0 Å². The molecular formula is C50H97NO8. The minimum Gasteiger partial charge on any atom is -0.394 e. The van der Waals surface area contributed by atoms with E-state index in [1.807, 2.05) is 0 Å². The minimum absolute atomic E-state index is 0.139. The maximum atomic E-state index is 12.8. The molecule has 0 spiro atoms. The summed E-state index contributed by atoms with van der Waals surface area (Å²) in [4.78, 5) is 12.8. The first kappa shape index (κ1) is 55.9. The molecule has 1 fully saturated rings. The summed E-state index contributed by atoms with van der Waals surface area (Å²) in [6.45, 7) is 3.68. The lowest BCUT2D eigenvalue weighted by Gasteiger charge is -2.40. The average molecular weight is 840 g/mol. The lowest BCUT2D eigenvalue weighted by atomic mass is 9.99. The van der Waals surface area contributed by atoms with Crippen LogP contribution in [0.3, 0.4) is 0 Å². The number of unbranched alkanes of at least 4 members (excludes halogenated alkanes) is 31. The van der Waals surface area contributed by atoms with E-state index in [0.717, 1.165) is 38.5 Å². The molecule has 0 aliphatic carbocycles. The third-order valence-corrected chi connectivity index (χ3v) is 12.4. The zero-order chi connectivity index (χ0) is 43.0. The quantitative estimate of drug-likeness (QED) is 0.0263. The smallest absolute Gasteiger partial charge is 0.220 e. The summed E-state index contributed by atoms with van der Waals surface area (Å²) in [6, 6.07) is -0.710. The van der Waals surface area contributed by atoms with Crippen molar-refractivity contribution >= 4 is 5.91 Å². The first-order valence-electron chi connectivity index (χ1n) is 25.4. The Hall–Kier alpha value is -1.07. The molecule has 7 unspecified atom stereocenters. The van der Waals surface area contributed by atoms with Crippen LogP contribution < -0.4 is 5.32 Å². The molecule has 350 valence electrons. The molecule has 1 amide bonds. The third-order valence-electron chi connectivity index (χ3n) is 12.4. The second-order valence-electron chi connectivity index (χ2n) is 18.0. The van der Waals surface area contributed by atoms with Gasteiger partial charge in [0.2, 0.25) is 5.91 Å². The van der Waals surface area contributed by atoms with Gasteiger partial charge in [-0.15, -0.1) is 0 Å². The SMILES string of the molecule is CCCCCCCCCC/C=C\CCCCCCCCCCCCCCCCCCCCCCCC(=O)NC(COC1OC(CO)C(O)C(O)C1O)C(O)CCCCC. The summed E-state index contributed by atoms with van der Waals surface area (Å²) in [5.41, 5.74) is 0. The fourth-order valence-corrected chi connectivity index (χ4v) is 8.27. The minimum atomic E-state index is -1.55. The molecule has 0 aromatic carbocycles. The fraction of sp³-hybridized carbons (Fsp3) is 0.940. The molecule has 1 heterocycles. The number of carbonyl (C=O) groups is 1. The van der Waals surface area contributed by atoms with Crippen molar-refractivity contribution in [3.05, 3.63) is 12.2 Å². The number of allylic oxidation sites excluding steroid dienone is 2. The van der Waals surface area contributed by atoms with Crippen molar-refractivity contribution in [3.63, 3.8) is 0 Å². The van der Waals surface area contributed by atoms with Gasteiger partial charge in [0.05, 0.1) is 25.4 Å². The van der Waals surface area contributed by atoms with E-state index in [9.17, 15) is 30.3 Å². The van der Waals surface area contributed by atoms with Crippen molar-refractivity contribution < 1.29 is 39.8 Å². The average Bonchev–Trinajstić information content (AvgIpc) is 3.23. The van der Waals surface area contributed by atoms with E-state index in [4.69, 9.17) is 9.47 Å². The van der Waals surface area contributed by atoms with Crippen LogP contribution in [0.4, 0.5) is 0 Å². The van der Waals surface area contributed by atoms with Crippen LogP contribution in [0.1, 0.15) is 245 Å². The van der Waals surface area contributed by atoms with Crippen molar-refractivity contribution in [2.45, 2.75) is 288 Å². The van der Waals surface area contributed by atoms with Gasteiger partial charge in [0.1, 0.15) is 24.4 Å². The molecule has 0 radical (unpaired) electrons. The summed E-state index contributed by atoms with van der Waals surface area (Å²) in [7, 11) is 0. The van der Waals surface area contributed by atoms with Gasteiger partial charge in [-0.25, -0.2) is 0 Å². The molecule has 6 N–H and O–H groups in total. The van der Waals surface area contributed by atoms with E-state index >= 15 is 0 Å². The maximum Gasteiger partial charge on any atom is 0.220 e. The largest absolute Gasteiger partial charge is 0.394 e. The number of hydrogen-bond donors (Lipinski definition) is 6. The van der Waals surface area contributed by atoms with Crippen molar-refractivity contribution in [2.24, 2.45) is 0 Å². The molecule has 0 aromatic heterocycles. The van der Waals surface area contributed by atoms with E-state index in [0.29, 0.717) is 12.8 Å². The highest BCUT2D eigenvalue weighted by molar-refractivity contribution is 5.76. The molecule has 0 aromatic rings. The molecule has 0 bridgehead atoms. The monoisotopic (exact) mass is 840 g/mol. The zero-order valence-electron chi connectivity index (χ0n) is 38.5. The predicted octanol–water partition coefficient (Wildman–Crippen LogP) is 11.3. The van der Waals surface area contributed by atoms with Crippen molar-refractivity contribution in [3.8, 4) is 0 Å². The highest BCUT2D eigenvalue weighted by atomic mass is 16.7. The van der Waals surface area contributed by atoms with Gasteiger partial charge in [0, 0.05) is 6.42 Å². The van der Waals surface area contributed by atoms with Gasteiger partial charge in [-0.2, -0.15) is 0 Å². The van der Waals surface area contributed by atoms with Crippen LogP contribution in [-0.2, 0) is 14.3 Å². The number of hydrogen-bond acceptors (Lipinski definition) is 8. The van der Waals surface area contributed by atoms with E-state index < -0.39 is 49.5 Å². The number of aliphatic hydroxyl groups is 5. The molecule has 9 nitrogen and oxygen atoms in total. The van der Waals surface area contributed by atoms with Crippen LogP contribution >= 0.6 is 0 Å². The Morgan fingerprint density at radius 2 is 0.949 bits per heavy atom. The summed E-state index contributed by atoms with van der Waals surface area (Å²) in [6.07, 6.45) is 42.2. The Labute approximate surface area is 363 Å². The third kappa shape index (κ3) is 31.4. The van der Waals surface area contributed by atoms with Gasteiger partial charge < -0.3 is 40.3 Å². The second-order valence-corrected chi connectivity index (χ2v) is 18.0.